The maximum absolute atomic E-state index is 12.8. The van der Waals surface area contributed by atoms with Gasteiger partial charge in [0, 0.05) is 11.6 Å². The van der Waals surface area contributed by atoms with Gasteiger partial charge in [-0.2, -0.15) is 0 Å². The SMILES string of the molecule is CC(C)CCCOc1ccc(Cl)cc1C(=O)NCCc1ccc(-c2ccc(OC(=O)O)cc2)cc1. The average Bonchev–Trinajstić information content (AvgIpc) is 2.83. The number of nitrogens with one attached hydrogen (secondary N) is 1. The molecule has 6 nitrogen and oxygen atoms in total. The van der Waals surface area contributed by atoms with Crippen molar-refractivity contribution in [3.05, 3.63) is 82.9 Å². The van der Waals surface area contributed by atoms with E-state index in [1.165, 1.54) is 0 Å². The van der Waals surface area contributed by atoms with E-state index in [-0.39, 0.29) is 11.7 Å². The molecule has 0 aliphatic rings. The van der Waals surface area contributed by atoms with Gasteiger partial charge in [0.2, 0.25) is 0 Å². The predicted molar refractivity (Wildman–Crippen MR) is 138 cm³/mol. The molecule has 3 rings (SSSR count). The third-order valence-electron chi connectivity index (χ3n) is 5.42. The van der Waals surface area contributed by atoms with Gasteiger partial charge in [0.15, 0.2) is 0 Å². The smallest absolute Gasteiger partial charge is 0.493 e. The molecule has 0 aliphatic heterocycles. The van der Waals surface area contributed by atoms with Crippen molar-refractivity contribution in [1.82, 2.24) is 5.32 Å². The van der Waals surface area contributed by atoms with Gasteiger partial charge >= 0.3 is 6.16 Å². The highest BCUT2D eigenvalue weighted by atomic mass is 35.5. The predicted octanol–water partition coefficient (Wildman–Crippen LogP) is 6.85. The summed E-state index contributed by atoms with van der Waals surface area (Å²) in [5.41, 5.74) is 3.46. The zero-order valence-corrected chi connectivity index (χ0v) is 20.7. The van der Waals surface area contributed by atoms with Crippen LogP contribution in [0.4, 0.5) is 4.79 Å². The summed E-state index contributed by atoms with van der Waals surface area (Å²) in [6.45, 7) is 5.37. The van der Waals surface area contributed by atoms with Crippen LogP contribution in [0.2, 0.25) is 5.02 Å². The van der Waals surface area contributed by atoms with E-state index >= 15 is 0 Å². The summed E-state index contributed by atoms with van der Waals surface area (Å²) in [6, 6.07) is 19.9. The van der Waals surface area contributed by atoms with E-state index in [1.54, 1.807) is 42.5 Å². The summed E-state index contributed by atoms with van der Waals surface area (Å²) in [5.74, 6) is 1.21. The van der Waals surface area contributed by atoms with Crippen LogP contribution in [0.15, 0.2) is 66.7 Å². The van der Waals surface area contributed by atoms with Gasteiger partial charge in [-0.15, -0.1) is 0 Å². The van der Waals surface area contributed by atoms with Gasteiger partial charge in [-0.05, 0) is 72.2 Å². The highest BCUT2D eigenvalue weighted by molar-refractivity contribution is 6.31. The first-order valence-electron chi connectivity index (χ1n) is 11.6. The van der Waals surface area contributed by atoms with Crippen molar-refractivity contribution >= 4 is 23.7 Å². The van der Waals surface area contributed by atoms with Gasteiger partial charge in [-0.1, -0.05) is 61.8 Å². The lowest BCUT2D eigenvalue weighted by atomic mass is 10.0. The molecule has 0 fully saturated rings. The Morgan fingerprint density at radius 1 is 0.971 bits per heavy atom. The molecule has 3 aromatic carbocycles. The molecule has 0 unspecified atom stereocenters. The highest BCUT2D eigenvalue weighted by Crippen LogP contribution is 2.24. The number of hydrogen-bond acceptors (Lipinski definition) is 4. The Morgan fingerprint density at radius 2 is 1.63 bits per heavy atom. The van der Waals surface area contributed by atoms with E-state index in [0.29, 0.717) is 41.8 Å². The van der Waals surface area contributed by atoms with Crippen molar-refractivity contribution in [3.63, 3.8) is 0 Å². The second-order valence-electron chi connectivity index (χ2n) is 8.62. The molecular formula is C28H30ClNO5. The number of benzene rings is 3. The van der Waals surface area contributed by atoms with Gasteiger partial charge in [-0.3, -0.25) is 4.79 Å². The number of carboxylic acid groups (broad SMARTS) is 1. The topological polar surface area (TPSA) is 84.9 Å². The molecule has 35 heavy (non-hydrogen) atoms. The van der Waals surface area contributed by atoms with Crippen LogP contribution in [0.3, 0.4) is 0 Å². The van der Waals surface area contributed by atoms with Gasteiger partial charge < -0.3 is 19.9 Å². The van der Waals surface area contributed by atoms with Crippen LogP contribution in [0, 0.1) is 5.92 Å². The summed E-state index contributed by atoms with van der Waals surface area (Å²) in [6.07, 6.45) is 1.33. The van der Waals surface area contributed by atoms with Crippen LogP contribution in [0.25, 0.3) is 11.1 Å². The third kappa shape index (κ3) is 8.34. The Bertz CT molecular complexity index is 1130. The zero-order chi connectivity index (χ0) is 25.2. The van der Waals surface area contributed by atoms with Crippen molar-refractivity contribution in [2.24, 2.45) is 5.92 Å². The Balaban J connectivity index is 1.53. The lowest BCUT2D eigenvalue weighted by Crippen LogP contribution is -2.26. The van der Waals surface area contributed by atoms with Crippen molar-refractivity contribution < 1.29 is 24.2 Å². The van der Waals surface area contributed by atoms with E-state index in [0.717, 1.165) is 29.5 Å². The Kier molecular flexibility index (Phi) is 9.56. The van der Waals surface area contributed by atoms with Gasteiger partial charge in [0.25, 0.3) is 5.91 Å². The minimum Gasteiger partial charge on any atom is -0.493 e. The molecule has 7 heteroatoms. The minimum atomic E-state index is -1.34. The summed E-state index contributed by atoms with van der Waals surface area (Å²) >= 11 is 6.12. The van der Waals surface area contributed by atoms with Crippen molar-refractivity contribution in [1.29, 1.82) is 0 Å². The molecule has 0 aliphatic carbocycles. The first kappa shape index (κ1) is 26.1. The minimum absolute atomic E-state index is 0.216. The number of rotatable bonds is 11. The van der Waals surface area contributed by atoms with Crippen molar-refractivity contribution in [2.45, 2.75) is 33.1 Å². The molecule has 0 saturated carbocycles. The normalized spacial score (nSPS) is 10.7. The Morgan fingerprint density at radius 3 is 2.26 bits per heavy atom. The Labute approximate surface area is 210 Å². The van der Waals surface area contributed by atoms with Crippen LogP contribution in [-0.4, -0.2) is 30.3 Å². The average molecular weight is 496 g/mol. The monoisotopic (exact) mass is 495 g/mol. The second kappa shape index (κ2) is 12.8. The lowest BCUT2D eigenvalue weighted by Gasteiger charge is -2.13. The lowest BCUT2D eigenvalue weighted by molar-refractivity contribution is 0.0949. The summed E-state index contributed by atoms with van der Waals surface area (Å²) in [4.78, 5) is 23.4. The summed E-state index contributed by atoms with van der Waals surface area (Å²) in [7, 11) is 0. The van der Waals surface area contributed by atoms with E-state index in [4.69, 9.17) is 21.4 Å². The molecule has 0 saturated heterocycles. The molecule has 0 bridgehead atoms. The number of halogens is 1. The molecule has 3 aromatic rings. The maximum atomic E-state index is 12.8. The van der Waals surface area contributed by atoms with Gasteiger partial charge in [0.1, 0.15) is 11.5 Å². The third-order valence-corrected chi connectivity index (χ3v) is 5.65. The summed E-state index contributed by atoms with van der Waals surface area (Å²) < 4.78 is 10.5. The maximum Gasteiger partial charge on any atom is 0.511 e. The molecule has 0 radical (unpaired) electrons. The fourth-order valence-corrected chi connectivity index (χ4v) is 3.75. The van der Waals surface area contributed by atoms with Crippen LogP contribution >= 0.6 is 11.6 Å². The number of carbonyl (C=O) groups is 2. The standard InChI is InChI=1S/C28H30ClNO5/c1-19(2)4-3-17-34-26-14-11-23(29)18-25(26)27(31)30-16-15-20-5-7-21(8-6-20)22-9-12-24(13-10-22)35-28(32)33/h5-14,18-19H,3-4,15-17H2,1-2H3,(H,30,31)(H,32,33). The second-order valence-corrected chi connectivity index (χ2v) is 9.06. The molecule has 0 heterocycles. The first-order chi connectivity index (χ1) is 16.8. The van der Waals surface area contributed by atoms with E-state index in [1.807, 2.05) is 24.3 Å². The number of ether oxygens (including phenoxy) is 2. The number of amides is 1. The molecule has 0 aromatic heterocycles. The molecule has 184 valence electrons. The van der Waals surface area contributed by atoms with E-state index in [2.05, 4.69) is 23.9 Å². The zero-order valence-electron chi connectivity index (χ0n) is 19.9. The van der Waals surface area contributed by atoms with Crippen LogP contribution in [0.5, 0.6) is 11.5 Å². The fourth-order valence-electron chi connectivity index (χ4n) is 3.57. The molecular weight excluding hydrogens is 466 g/mol. The van der Waals surface area contributed by atoms with E-state index < -0.39 is 6.16 Å². The fraction of sp³-hybridized carbons (Fsp3) is 0.286. The molecule has 0 atom stereocenters. The molecule has 2 N–H and O–H groups in total. The van der Waals surface area contributed by atoms with Gasteiger partial charge in [0.05, 0.1) is 12.2 Å². The molecule has 1 amide bonds. The van der Waals surface area contributed by atoms with Crippen molar-refractivity contribution in [2.75, 3.05) is 13.2 Å². The number of hydrogen-bond donors (Lipinski definition) is 2. The Hall–Kier alpha value is -3.51. The van der Waals surface area contributed by atoms with Gasteiger partial charge in [-0.25, -0.2) is 4.79 Å². The quantitative estimate of drug-likeness (QED) is 0.172. The van der Waals surface area contributed by atoms with Crippen LogP contribution in [-0.2, 0) is 6.42 Å². The van der Waals surface area contributed by atoms with Crippen molar-refractivity contribution in [3.8, 4) is 22.6 Å². The van der Waals surface area contributed by atoms with Crippen LogP contribution in [0.1, 0.15) is 42.6 Å². The largest absolute Gasteiger partial charge is 0.511 e. The van der Waals surface area contributed by atoms with Crippen LogP contribution < -0.4 is 14.8 Å². The first-order valence-corrected chi connectivity index (χ1v) is 12.0. The summed E-state index contributed by atoms with van der Waals surface area (Å²) in [5, 5.41) is 12.1. The number of carbonyl (C=O) groups excluding carboxylic acids is 1. The highest BCUT2D eigenvalue weighted by Gasteiger charge is 2.13. The molecule has 0 spiro atoms. The van der Waals surface area contributed by atoms with E-state index in [9.17, 15) is 9.59 Å².